The van der Waals surface area contributed by atoms with E-state index < -0.39 is 0 Å². The van der Waals surface area contributed by atoms with Crippen LogP contribution in [0, 0.1) is 0 Å². The maximum absolute atomic E-state index is 12.8. The predicted octanol–water partition coefficient (Wildman–Crippen LogP) is 4.07. The molecule has 5 rings (SSSR count). The number of hydrogen-bond donors (Lipinski definition) is 1. The summed E-state index contributed by atoms with van der Waals surface area (Å²) in [5.74, 6) is 0.457. The molecule has 0 spiro atoms. The number of amides is 2. The van der Waals surface area contributed by atoms with E-state index in [0.29, 0.717) is 30.2 Å². The molecule has 0 aliphatic carbocycles. The highest BCUT2D eigenvalue weighted by atomic mass is 16.5. The van der Waals surface area contributed by atoms with E-state index in [1.54, 1.807) is 24.0 Å². The van der Waals surface area contributed by atoms with Crippen molar-refractivity contribution in [2.45, 2.75) is 20.0 Å². The van der Waals surface area contributed by atoms with Crippen molar-refractivity contribution in [3.63, 3.8) is 0 Å². The normalized spacial score (nSPS) is 12.6. The van der Waals surface area contributed by atoms with Gasteiger partial charge in [-0.3, -0.25) is 9.59 Å². The van der Waals surface area contributed by atoms with Gasteiger partial charge in [0.1, 0.15) is 18.0 Å². The van der Waals surface area contributed by atoms with Crippen LogP contribution in [0.2, 0.25) is 0 Å². The first-order valence-corrected chi connectivity index (χ1v) is 10.4. The highest BCUT2D eigenvalue weighted by Crippen LogP contribution is 2.29. The average Bonchev–Trinajstić information content (AvgIpc) is 3.41. The molecule has 7 heteroatoms. The van der Waals surface area contributed by atoms with Gasteiger partial charge in [-0.25, -0.2) is 4.98 Å². The fourth-order valence-corrected chi connectivity index (χ4v) is 3.95. The molecule has 0 fully saturated rings. The van der Waals surface area contributed by atoms with Gasteiger partial charge in [0.25, 0.3) is 5.91 Å². The van der Waals surface area contributed by atoms with Crippen molar-refractivity contribution in [2.24, 2.45) is 0 Å². The number of hydrogen-bond acceptors (Lipinski definition) is 4. The van der Waals surface area contributed by atoms with Crippen LogP contribution < -0.4 is 15.0 Å². The minimum atomic E-state index is -0.202. The maximum Gasteiger partial charge on any atom is 0.255 e. The first-order valence-electron chi connectivity index (χ1n) is 10.4. The largest absolute Gasteiger partial charge is 0.487 e. The molecule has 1 aliphatic rings. The first kappa shape index (κ1) is 19.8. The third kappa shape index (κ3) is 3.92. The summed E-state index contributed by atoms with van der Waals surface area (Å²) < 4.78 is 7.83. The van der Waals surface area contributed by atoms with Crippen LogP contribution >= 0.6 is 0 Å². The predicted molar refractivity (Wildman–Crippen MR) is 122 cm³/mol. The summed E-state index contributed by atoms with van der Waals surface area (Å²) in [5.41, 5.74) is 4.79. The summed E-state index contributed by atoms with van der Waals surface area (Å²) in [4.78, 5) is 30.8. The lowest BCUT2D eigenvalue weighted by atomic mass is 10.1. The van der Waals surface area contributed by atoms with Gasteiger partial charge in [-0.1, -0.05) is 12.1 Å². The van der Waals surface area contributed by atoms with Gasteiger partial charge in [0.15, 0.2) is 0 Å². The van der Waals surface area contributed by atoms with E-state index in [4.69, 9.17) is 4.74 Å². The second-order valence-electron chi connectivity index (χ2n) is 7.73. The third-order valence-electron chi connectivity index (χ3n) is 5.51. The lowest BCUT2D eigenvalue weighted by Crippen LogP contribution is -2.25. The number of nitrogens with zero attached hydrogens (tertiary/aromatic N) is 3. The van der Waals surface area contributed by atoms with Crippen LogP contribution in [-0.4, -0.2) is 27.7 Å². The van der Waals surface area contributed by atoms with Crippen LogP contribution in [0.5, 0.6) is 5.75 Å². The van der Waals surface area contributed by atoms with Crippen molar-refractivity contribution in [1.82, 2.24) is 9.38 Å². The number of rotatable bonds is 5. The molecule has 0 saturated carbocycles. The zero-order chi connectivity index (χ0) is 22.1. The Labute approximate surface area is 185 Å². The van der Waals surface area contributed by atoms with E-state index in [9.17, 15) is 9.59 Å². The van der Waals surface area contributed by atoms with Crippen LogP contribution in [0.15, 0.2) is 73.1 Å². The average molecular weight is 426 g/mol. The Morgan fingerprint density at radius 3 is 2.84 bits per heavy atom. The molecule has 1 aliphatic heterocycles. The smallest absolute Gasteiger partial charge is 0.255 e. The number of imidazole rings is 1. The van der Waals surface area contributed by atoms with Gasteiger partial charge in [-0.15, -0.1) is 0 Å². The fraction of sp³-hybridized carbons (Fsp3) is 0.160. The molecule has 0 unspecified atom stereocenters. The Balaban J connectivity index is 1.25. The Kier molecular flexibility index (Phi) is 5.07. The monoisotopic (exact) mass is 426 g/mol. The number of nitrogens with one attached hydrogen (secondary N) is 1. The maximum atomic E-state index is 12.8. The van der Waals surface area contributed by atoms with Crippen molar-refractivity contribution < 1.29 is 14.3 Å². The number of ether oxygens (including phenoxy) is 1. The highest BCUT2D eigenvalue weighted by molar-refractivity contribution is 6.05. The molecule has 2 amide bonds. The van der Waals surface area contributed by atoms with Gasteiger partial charge < -0.3 is 19.4 Å². The van der Waals surface area contributed by atoms with Crippen LogP contribution in [0.25, 0.3) is 5.65 Å². The van der Waals surface area contributed by atoms with Crippen molar-refractivity contribution >= 4 is 28.8 Å². The van der Waals surface area contributed by atoms with Crippen molar-refractivity contribution in [1.29, 1.82) is 0 Å². The fourth-order valence-electron chi connectivity index (χ4n) is 3.95. The van der Waals surface area contributed by atoms with Gasteiger partial charge in [0.2, 0.25) is 5.91 Å². The molecule has 2 aromatic carbocycles. The molecular weight excluding hydrogens is 404 g/mol. The molecule has 160 valence electrons. The summed E-state index contributed by atoms with van der Waals surface area (Å²) in [5, 5.41) is 2.92. The highest BCUT2D eigenvalue weighted by Gasteiger charge is 2.23. The molecule has 1 N–H and O–H groups in total. The Hall–Kier alpha value is -4.13. The van der Waals surface area contributed by atoms with E-state index in [-0.39, 0.29) is 11.8 Å². The van der Waals surface area contributed by atoms with Crippen molar-refractivity contribution in [3.05, 3.63) is 89.9 Å². The van der Waals surface area contributed by atoms with E-state index in [1.807, 2.05) is 65.3 Å². The lowest BCUT2D eigenvalue weighted by Gasteiger charge is -2.15. The van der Waals surface area contributed by atoms with Gasteiger partial charge in [0.05, 0.1) is 5.69 Å². The topological polar surface area (TPSA) is 75.9 Å². The molecule has 4 aromatic rings. The second-order valence-corrected chi connectivity index (χ2v) is 7.73. The Morgan fingerprint density at radius 1 is 1.09 bits per heavy atom. The summed E-state index contributed by atoms with van der Waals surface area (Å²) in [6.07, 6.45) is 4.63. The summed E-state index contributed by atoms with van der Waals surface area (Å²) >= 11 is 0. The second kappa shape index (κ2) is 8.19. The molecule has 0 saturated heterocycles. The number of pyridine rings is 1. The lowest BCUT2D eigenvalue weighted by molar-refractivity contribution is -0.116. The zero-order valence-electron chi connectivity index (χ0n) is 17.6. The minimum Gasteiger partial charge on any atom is -0.487 e. The Bertz CT molecular complexity index is 1290. The molecule has 7 nitrogen and oxygen atoms in total. The number of carbonyl (C=O) groups excluding carboxylic acids is 2. The molecular formula is C25H22N4O3. The number of aromatic nitrogens is 2. The van der Waals surface area contributed by atoms with E-state index in [0.717, 1.165) is 29.0 Å². The van der Waals surface area contributed by atoms with Crippen LogP contribution in [0.3, 0.4) is 0 Å². The third-order valence-corrected chi connectivity index (χ3v) is 5.51. The first-order chi connectivity index (χ1) is 15.6. The summed E-state index contributed by atoms with van der Waals surface area (Å²) in [7, 11) is 0. The number of benzene rings is 2. The van der Waals surface area contributed by atoms with Gasteiger partial charge in [-0.05, 0) is 54.4 Å². The van der Waals surface area contributed by atoms with Crippen molar-refractivity contribution in [3.8, 4) is 5.75 Å². The Morgan fingerprint density at radius 2 is 2.00 bits per heavy atom. The minimum absolute atomic E-state index is 0.0152. The van der Waals surface area contributed by atoms with E-state index in [1.165, 1.54) is 0 Å². The molecule has 3 heterocycles. The van der Waals surface area contributed by atoms with Crippen LogP contribution in [-0.2, 0) is 17.8 Å². The van der Waals surface area contributed by atoms with Crippen LogP contribution in [0.1, 0.15) is 28.5 Å². The number of fused-ring (bicyclic) bond motifs is 2. The van der Waals surface area contributed by atoms with Gasteiger partial charge >= 0.3 is 0 Å². The number of anilines is 2. The van der Waals surface area contributed by atoms with Gasteiger partial charge in [-0.2, -0.15) is 0 Å². The van der Waals surface area contributed by atoms with Crippen LogP contribution in [0.4, 0.5) is 11.4 Å². The van der Waals surface area contributed by atoms with E-state index in [2.05, 4.69) is 10.3 Å². The quantitative estimate of drug-likeness (QED) is 0.522. The summed E-state index contributed by atoms with van der Waals surface area (Å²) in [6.45, 7) is 2.54. The molecule has 0 radical (unpaired) electrons. The molecule has 0 bridgehead atoms. The zero-order valence-corrected chi connectivity index (χ0v) is 17.6. The van der Waals surface area contributed by atoms with Crippen molar-refractivity contribution in [2.75, 3.05) is 16.8 Å². The standard InChI is InChI=1S/C25H22N4O3/c1-17(30)29-12-10-18-13-19(8-9-23(18)29)25(31)27-20-5-4-6-22(14-20)32-16-21-15-28-11-3-2-7-24(28)26-21/h2-9,11,13-15H,10,12,16H2,1H3,(H,27,31). The molecule has 2 aromatic heterocycles. The molecule has 32 heavy (non-hydrogen) atoms. The number of carbonyl (C=O) groups is 2. The van der Waals surface area contributed by atoms with E-state index >= 15 is 0 Å². The summed E-state index contributed by atoms with van der Waals surface area (Å²) in [6, 6.07) is 18.6. The SMILES string of the molecule is CC(=O)N1CCc2cc(C(=O)Nc3cccc(OCc4cn5ccccc5n4)c3)ccc21. The molecule has 0 atom stereocenters. The van der Waals surface area contributed by atoms with Gasteiger partial charge in [0, 0.05) is 48.9 Å².